The van der Waals surface area contributed by atoms with E-state index in [-0.39, 0.29) is 11.1 Å². The van der Waals surface area contributed by atoms with Crippen molar-refractivity contribution in [3.63, 3.8) is 0 Å². The number of anilines is 1. The summed E-state index contributed by atoms with van der Waals surface area (Å²) in [7, 11) is 0. The highest BCUT2D eigenvalue weighted by molar-refractivity contribution is 7.99. The fraction of sp³-hybridized carbons (Fsp3) is 0.300. The zero-order valence-electron chi connectivity index (χ0n) is 15.6. The number of amides is 1. The van der Waals surface area contributed by atoms with E-state index in [4.69, 9.17) is 16.0 Å². The molecular formula is C20H20ClN5O2S. The second kappa shape index (κ2) is 9.28. The lowest BCUT2D eigenvalue weighted by Crippen LogP contribution is -2.32. The topological polar surface area (TPSA) is 84.2 Å². The Morgan fingerprint density at radius 2 is 1.97 bits per heavy atom. The molecule has 29 heavy (non-hydrogen) atoms. The summed E-state index contributed by atoms with van der Waals surface area (Å²) in [4.78, 5) is 18.9. The van der Waals surface area contributed by atoms with Gasteiger partial charge in [-0.1, -0.05) is 47.0 Å². The number of thioether (sulfide) groups is 1. The number of halogens is 1. The molecule has 0 saturated carbocycles. The maximum Gasteiger partial charge on any atom is 0.318 e. The van der Waals surface area contributed by atoms with E-state index in [0.29, 0.717) is 23.9 Å². The lowest BCUT2D eigenvalue weighted by molar-refractivity contribution is 0.0930. The van der Waals surface area contributed by atoms with Gasteiger partial charge in [-0.25, -0.2) is 4.98 Å². The Morgan fingerprint density at radius 3 is 2.72 bits per heavy atom. The summed E-state index contributed by atoms with van der Waals surface area (Å²) in [5.74, 6) is 2.09. The number of pyridine rings is 1. The van der Waals surface area contributed by atoms with Crippen molar-refractivity contribution in [3.8, 4) is 0 Å². The summed E-state index contributed by atoms with van der Waals surface area (Å²) in [6.45, 7) is 1.74. The molecule has 1 atom stereocenters. The second-order valence-corrected chi connectivity index (χ2v) is 8.16. The predicted molar refractivity (Wildman–Crippen MR) is 113 cm³/mol. The highest BCUT2D eigenvalue weighted by atomic mass is 35.5. The van der Waals surface area contributed by atoms with Gasteiger partial charge in [0.2, 0.25) is 5.89 Å². The normalized spacial score (nSPS) is 15.1. The number of hydrogen-bond acceptors (Lipinski definition) is 7. The maximum absolute atomic E-state index is 12.8. The van der Waals surface area contributed by atoms with Gasteiger partial charge in [0.25, 0.3) is 5.91 Å². The number of carbonyl (C=O) groups excluding carboxylic acids is 1. The third-order valence-electron chi connectivity index (χ3n) is 4.60. The van der Waals surface area contributed by atoms with Crippen molar-refractivity contribution < 1.29 is 9.21 Å². The van der Waals surface area contributed by atoms with Crippen molar-refractivity contribution in [2.24, 2.45) is 0 Å². The van der Waals surface area contributed by atoms with E-state index in [1.54, 1.807) is 18.3 Å². The van der Waals surface area contributed by atoms with Crippen molar-refractivity contribution >= 4 is 35.3 Å². The van der Waals surface area contributed by atoms with Gasteiger partial charge in [-0.2, -0.15) is 11.8 Å². The molecule has 9 heteroatoms. The predicted octanol–water partition coefficient (Wildman–Crippen LogP) is 3.39. The van der Waals surface area contributed by atoms with Crippen LogP contribution in [0.4, 0.5) is 6.01 Å². The summed E-state index contributed by atoms with van der Waals surface area (Å²) >= 11 is 7.99. The smallest absolute Gasteiger partial charge is 0.318 e. The average molecular weight is 430 g/mol. The van der Waals surface area contributed by atoms with Crippen molar-refractivity contribution in [2.75, 3.05) is 29.5 Å². The minimum atomic E-state index is -0.485. The molecule has 1 N–H and O–H groups in total. The fourth-order valence-corrected chi connectivity index (χ4v) is 4.20. The summed E-state index contributed by atoms with van der Waals surface area (Å²) < 4.78 is 5.96. The maximum atomic E-state index is 12.8. The quantitative estimate of drug-likeness (QED) is 0.601. The van der Waals surface area contributed by atoms with E-state index in [1.165, 1.54) is 0 Å². The molecule has 3 aromatic rings. The van der Waals surface area contributed by atoms with Gasteiger partial charge in [0, 0.05) is 37.2 Å². The van der Waals surface area contributed by atoms with Crippen LogP contribution in [0.5, 0.6) is 0 Å². The lowest BCUT2D eigenvalue weighted by Gasteiger charge is -2.24. The monoisotopic (exact) mass is 429 g/mol. The molecule has 4 rings (SSSR count). The van der Waals surface area contributed by atoms with E-state index in [1.807, 2.05) is 42.1 Å². The molecule has 1 aromatic carbocycles. The molecule has 1 aliphatic rings. The molecular weight excluding hydrogens is 410 g/mol. The Kier molecular flexibility index (Phi) is 6.31. The molecule has 150 valence electrons. The highest BCUT2D eigenvalue weighted by Crippen LogP contribution is 2.24. The molecule has 2 aromatic heterocycles. The summed E-state index contributed by atoms with van der Waals surface area (Å²) in [5.41, 5.74) is 1.35. The first kappa shape index (κ1) is 19.7. The standard InChI is InChI=1S/C20H20ClN5O2S/c21-17-15(7-4-8-22-17)18(27)23-16(13-14-5-2-1-3-6-14)19-24-25-20(28-19)26-9-11-29-12-10-26/h1-8,16H,9-13H2,(H,23,27). The SMILES string of the molecule is O=C(NC(Cc1ccccc1)c1nnc(N2CCSCC2)o1)c1cccnc1Cl. The molecule has 1 fully saturated rings. The first-order valence-electron chi connectivity index (χ1n) is 9.32. The summed E-state index contributed by atoms with van der Waals surface area (Å²) in [6, 6.07) is 13.2. The Bertz CT molecular complexity index is 962. The minimum absolute atomic E-state index is 0.153. The molecule has 7 nitrogen and oxygen atoms in total. The van der Waals surface area contributed by atoms with Gasteiger partial charge in [-0.15, -0.1) is 5.10 Å². The van der Waals surface area contributed by atoms with Gasteiger partial charge in [-0.05, 0) is 17.7 Å². The Hall–Kier alpha value is -2.58. The summed E-state index contributed by atoms with van der Waals surface area (Å²) in [6.07, 6.45) is 2.06. The number of benzene rings is 1. The molecule has 0 spiro atoms. The van der Waals surface area contributed by atoms with Crippen LogP contribution in [-0.4, -0.2) is 45.7 Å². The third kappa shape index (κ3) is 4.89. The number of nitrogens with zero attached hydrogens (tertiary/aromatic N) is 4. The van der Waals surface area contributed by atoms with E-state index in [9.17, 15) is 4.79 Å². The molecule has 3 heterocycles. The van der Waals surface area contributed by atoms with Crippen molar-refractivity contribution in [2.45, 2.75) is 12.5 Å². The molecule has 0 bridgehead atoms. The van der Waals surface area contributed by atoms with Crippen LogP contribution in [0.15, 0.2) is 53.1 Å². The highest BCUT2D eigenvalue weighted by Gasteiger charge is 2.25. The first-order chi connectivity index (χ1) is 14.2. The van der Waals surface area contributed by atoms with E-state index in [0.717, 1.165) is 30.2 Å². The van der Waals surface area contributed by atoms with Crippen LogP contribution in [0.25, 0.3) is 0 Å². The fourth-order valence-electron chi connectivity index (χ4n) is 3.09. The van der Waals surface area contributed by atoms with Gasteiger partial charge in [0.05, 0.1) is 5.56 Å². The molecule has 0 aliphatic carbocycles. The number of rotatable bonds is 6. The van der Waals surface area contributed by atoms with Gasteiger partial charge >= 0.3 is 6.01 Å². The number of hydrogen-bond donors (Lipinski definition) is 1. The van der Waals surface area contributed by atoms with Crippen LogP contribution < -0.4 is 10.2 Å². The molecule has 1 amide bonds. The van der Waals surface area contributed by atoms with Crippen molar-refractivity contribution in [1.82, 2.24) is 20.5 Å². The van der Waals surface area contributed by atoms with Gasteiger partial charge < -0.3 is 14.6 Å². The second-order valence-electron chi connectivity index (χ2n) is 6.58. The Balaban J connectivity index is 1.57. The molecule has 1 aliphatic heterocycles. The Labute approximate surface area is 177 Å². The van der Waals surface area contributed by atoms with Gasteiger partial charge in [0.15, 0.2) is 0 Å². The van der Waals surface area contributed by atoms with E-state index in [2.05, 4.69) is 25.4 Å². The van der Waals surface area contributed by atoms with Crippen LogP contribution in [0.1, 0.15) is 27.9 Å². The first-order valence-corrected chi connectivity index (χ1v) is 10.9. The summed E-state index contributed by atoms with van der Waals surface area (Å²) in [5, 5.41) is 11.6. The number of carbonyl (C=O) groups is 1. The number of aromatic nitrogens is 3. The van der Waals surface area contributed by atoms with E-state index < -0.39 is 6.04 Å². The van der Waals surface area contributed by atoms with E-state index >= 15 is 0 Å². The largest absolute Gasteiger partial charge is 0.406 e. The van der Waals surface area contributed by atoms with Crippen molar-refractivity contribution in [1.29, 1.82) is 0 Å². The van der Waals surface area contributed by atoms with Crippen molar-refractivity contribution in [3.05, 3.63) is 70.8 Å². The zero-order chi connectivity index (χ0) is 20.1. The van der Waals surface area contributed by atoms with Crippen LogP contribution in [0.2, 0.25) is 5.15 Å². The zero-order valence-corrected chi connectivity index (χ0v) is 17.2. The van der Waals surface area contributed by atoms with Crippen LogP contribution >= 0.6 is 23.4 Å². The van der Waals surface area contributed by atoms with Gasteiger partial charge in [-0.3, -0.25) is 4.79 Å². The van der Waals surface area contributed by atoms with Crippen LogP contribution in [0, 0.1) is 0 Å². The molecule has 0 radical (unpaired) electrons. The Morgan fingerprint density at radius 1 is 1.17 bits per heavy atom. The van der Waals surface area contributed by atoms with Crippen LogP contribution in [-0.2, 0) is 6.42 Å². The lowest BCUT2D eigenvalue weighted by atomic mass is 10.1. The minimum Gasteiger partial charge on any atom is -0.406 e. The molecule has 1 saturated heterocycles. The van der Waals surface area contributed by atoms with Crippen LogP contribution in [0.3, 0.4) is 0 Å². The third-order valence-corrected chi connectivity index (χ3v) is 5.85. The van der Waals surface area contributed by atoms with Gasteiger partial charge in [0.1, 0.15) is 11.2 Å². The molecule has 1 unspecified atom stereocenters. The average Bonchev–Trinajstić information content (AvgIpc) is 3.25. The number of nitrogens with one attached hydrogen (secondary N) is 1.